The minimum atomic E-state index is -0.444. The molecule has 0 unspecified atom stereocenters. The first-order valence-electron chi connectivity index (χ1n) is 9.26. The van der Waals surface area contributed by atoms with Gasteiger partial charge in [0.1, 0.15) is 12.3 Å². The molecule has 10 heteroatoms. The van der Waals surface area contributed by atoms with Crippen molar-refractivity contribution in [3.05, 3.63) is 59.1 Å². The van der Waals surface area contributed by atoms with Gasteiger partial charge in [-0.25, -0.2) is 0 Å². The number of nitrogens with zero attached hydrogens (tertiary/aromatic N) is 3. The molecule has 0 atom stereocenters. The zero-order valence-corrected chi connectivity index (χ0v) is 18.1. The molecule has 0 saturated carbocycles. The number of aromatic nitrogens is 2. The summed E-state index contributed by atoms with van der Waals surface area (Å²) in [7, 11) is 4.61. The summed E-state index contributed by atoms with van der Waals surface area (Å²) < 4.78 is 19.4. The first-order valence-corrected chi connectivity index (χ1v) is 10.1. The van der Waals surface area contributed by atoms with Crippen LogP contribution in [0.15, 0.2) is 47.8 Å². The lowest BCUT2D eigenvalue weighted by atomic mass is 10.2. The highest BCUT2D eigenvalue weighted by Gasteiger charge is 2.24. The van der Waals surface area contributed by atoms with Crippen molar-refractivity contribution in [2.75, 3.05) is 32.8 Å². The molecule has 9 nitrogen and oxygen atoms in total. The number of methoxy groups -OCH3 is 3. The van der Waals surface area contributed by atoms with Gasteiger partial charge in [0.2, 0.25) is 5.91 Å². The lowest BCUT2D eigenvalue weighted by Crippen LogP contribution is -2.41. The Morgan fingerprint density at radius 1 is 1.00 bits per heavy atom. The summed E-state index contributed by atoms with van der Waals surface area (Å²) in [5.41, 5.74) is 1.53. The molecule has 0 fully saturated rings. The Bertz CT molecular complexity index is 1020. The summed E-state index contributed by atoms with van der Waals surface area (Å²) in [6.07, 6.45) is 0. The van der Waals surface area contributed by atoms with E-state index in [1.807, 2.05) is 24.3 Å². The Kier molecular flexibility index (Phi) is 7.39. The van der Waals surface area contributed by atoms with Gasteiger partial charge in [-0.05, 0) is 41.4 Å². The Morgan fingerprint density at radius 3 is 2.35 bits per heavy atom. The van der Waals surface area contributed by atoms with E-state index in [0.717, 1.165) is 22.8 Å². The predicted molar refractivity (Wildman–Crippen MR) is 116 cm³/mol. The molecule has 0 saturated heterocycles. The quantitative estimate of drug-likeness (QED) is 0.543. The van der Waals surface area contributed by atoms with Crippen LogP contribution in [0.4, 0.5) is 5.69 Å². The van der Waals surface area contributed by atoms with E-state index in [9.17, 15) is 9.59 Å². The average molecular weight is 442 g/mol. The van der Waals surface area contributed by atoms with Crippen LogP contribution in [0.25, 0.3) is 0 Å². The smallest absolute Gasteiger partial charge is 0.280 e. The number of nitrogens with one attached hydrogen (secondary N) is 1. The third-order valence-corrected chi connectivity index (χ3v) is 4.96. The molecule has 0 aliphatic rings. The summed E-state index contributed by atoms with van der Waals surface area (Å²) in [5, 5.41) is 8.19. The molecule has 1 heterocycles. The van der Waals surface area contributed by atoms with E-state index >= 15 is 0 Å². The van der Waals surface area contributed by atoms with Gasteiger partial charge in [-0.1, -0.05) is 16.6 Å². The molecular weight excluding hydrogens is 420 g/mol. The molecule has 0 aliphatic heterocycles. The van der Waals surface area contributed by atoms with Crippen LogP contribution in [0.2, 0.25) is 0 Å². The second-order valence-electron chi connectivity index (χ2n) is 6.35. The molecule has 1 N–H and O–H groups in total. The van der Waals surface area contributed by atoms with E-state index in [0.29, 0.717) is 23.7 Å². The number of carbonyl (C=O) groups excluding carboxylic acids is 2. The van der Waals surface area contributed by atoms with Crippen molar-refractivity contribution >= 4 is 29.0 Å². The van der Waals surface area contributed by atoms with Crippen molar-refractivity contribution < 1.29 is 23.8 Å². The van der Waals surface area contributed by atoms with Crippen molar-refractivity contribution in [2.24, 2.45) is 0 Å². The maximum absolute atomic E-state index is 13.0. The van der Waals surface area contributed by atoms with Crippen LogP contribution in [0.5, 0.6) is 17.2 Å². The van der Waals surface area contributed by atoms with Gasteiger partial charge in [-0.3, -0.25) is 14.5 Å². The number of anilines is 1. The van der Waals surface area contributed by atoms with Gasteiger partial charge in [0, 0.05) is 23.7 Å². The second-order valence-corrected chi connectivity index (χ2v) is 6.96. The van der Waals surface area contributed by atoms with Gasteiger partial charge < -0.3 is 19.5 Å². The minimum Gasteiger partial charge on any atom is -0.497 e. The highest BCUT2D eigenvalue weighted by Crippen LogP contribution is 2.32. The molecule has 0 aliphatic carbocycles. The monoisotopic (exact) mass is 442 g/mol. The van der Waals surface area contributed by atoms with E-state index in [4.69, 9.17) is 14.2 Å². The Labute approximate surface area is 183 Å². The molecule has 0 spiro atoms. The zero-order valence-electron chi connectivity index (χ0n) is 17.3. The van der Waals surface area contributed by atoms with Gasteiger partial charge in [-0.2, -0.15) is 0 Å². The lowest BCUT2D eigenvalue weighted by molar-refractivity contribution is -0.119. The van der Waals surface area contributed by atoms with Crippen LogP contribution in [0.1, 0.15) is 16.1 Å². The number of ether oxygens (including phenoxy) is 3. The SMILES string of the molecule is COc1ccc(CNC(=O)CN(C(=O)c2csnn2)c2ccc(OC)c(OC)c2)cc1. The van der Waals surface area contributed by atoms with Crippen LogP contribution >= 0.6 is 11.5 Å². The fraction of sp³-hybridized carbons (Fsp3) is 0.238. The highest BCUT2D eigenvalue weighted by atomic mass is 32.1. The summed E-state index contributed by atoms with van der Waals surface area (Å²) in [6.45, 7) is 0.108. The van der Waals surface area contributed by atoms with E-state index in [1.54, 1.807) is 25.3 Å². The molecule has 2 amide bonds. The molecule has 0 radical (unpaired) electrons. The minimum absolute atomic E-state index is 0.155. The number of rotatable bonds is 9. The number of hydrogen-bond acceptors (Lipinski definition) is 8. The topological polar surface area (TPSA) is 103 Å². The second kappa shape index (κ2) is 10.4. The van der Waals surface area contributed by atoms with Crippen LogP contribution in [-0.2, 0) is 11.3 Å². The maximum atomic E-state index is 13.0. The predicted octanol–water partition coefficient (Wildman–Crippen LogP) is 2.53. The van der Waals surface area contributed by atoms with Crippen molar-refractivity contribution in [1.82, 2.24) is 14.9 Å². The molecule has 162 valence electrons. The van der Waals surface area contributed by atoms with Crippen LogP contribution in [0, 0.1) is 0 Å². The van der Waals surface area contributed by atoms with Crippen molar-refractivity contribution in [3.8, 4) is 17.2 Å². The number of carbonyl (C=O) groups is 2. The van der Waals surface area contributed by atoms with Crippen molar-refractivity contribution in [3.63, 3.8) is 0 Å². The maximum Gasteiger partial charge on any atom is 0.280 e. The summed E-state index contributed by atoms with van der Waals surface area (Å²) in [4.78, 5) is 27.0. The largest absolute Gasteiger partial charge is 0.497 e. The number of hydrogen-bond donors (Lipinski definition) is 1. The molecular formula is C21H22N4O5S. The van der Waals surface area contributed by atoms with E-state index in [2.05, 4.69) is 14.9 Å². The molecule has 1 aromatic heterocycles. The fourth-order valence-corrected chi connectivity index (χ4v) is 3.24. The summed E-state index contributed by atoms with van der Waals surface area (Å²) in [6, 6.07) is 12.3. The van der Waals surface area contributed by atoms with Crippen LogP contribution in [-0.4, -0.2) is 49.3 Å². The Balaban J connectivity index is 1.78. The van der Waals surface area contributed by atoms with Crippen LogP contribution in [0.3, 0.4) is 0 Å². The highest BCUT2D eigenvalue weighted by molar-refractivity contribution is 7.03. The molecule has 31 heavy (non-hydrogen) atoms. The van der Waals surface area contributed by atoms with Gasteiger partial charge in [0.25, 0.3) is 5.91 Å². The van der Waals surface area contributed by atoms with Gasteiger partial charge in [0.05, 0.1) is 21.3 Å². The number of benzene rings is 2. The van der Waals surface area contributed by atoms with Crippen molar-refractivity contribution in [2.45, 2.75) is 6.54 Å². The Hall–Kier alpha value is -3.66. The molecule has 3 aromatic rings. The zero-order chi connectivity index (χ0) is 22.2. The van der Waals surface area contributed by atoms with E-state index in [-0.39, 0.29) is 18.1 Å². The Morgan fingerprint density at radius 2 is 1.74 bits per heavy atom. The molecule has 3 rings (SSSR count). The lowest BCUT2D eigenvalue weighted by Gasteiger charge is -2.22. The van der Waals surface area contributed by atoms with Crippen LogP contribution < -0.4 is 24.4 Å². The van der Waals surface area contributed by atoms with E-state index in [1.165, 1.54) is 24.5 Å². The average Bonchev–Trinajstić information content (AvgIpc) is 3.35. The third-order valence-electron chi connectivity index (χ3n) is 4.45. The van der Waals surface area contributed by atoms with E-state index < -0.39 is 5.91 Å². The molecule has 0 bridgehead atoms. The number of amides is 2. The first-order chi connectivity index (χ1) is 15.0. The third kappa shape index (κ3) is 5.48. The van der Waals surface area contributed by atoms with Crippen molar-refractivity contribution in [1.29, 1.82) is 0 Å². The standard InChI is InChI=1S/C21H22N4O5S/c1-28-16-7-4-14(5-8-16)11-22-20(26)12-25(21(27)17-13-31-24-23-17)15-6-9-18(29-2)19(10-15)30-3/h4-10,13H,11-12H2,1-3H3,(H,22,26). The normalized spacial score (nSPS) is 10.3. The fourth-order valence-electron chi connectivity index (χ4n) is 2.81. The van der Waals surface area contributed by atoms with Gasteiger partial charge in [0.15, 0.2) is 17.2 Å². The molecule has 2 aromatic carbocycles. The van der Waals surface area contributed by atoms with Gasteiger partial charge >= 0.3 is 0 Å². The summed E-state index contributed by atoms with van der Waals surface area (Å²) in [5.74, 6) is 0.908. The first kappa shape index (κ1) is 22.0. The summed E-state index contributed by atoms with van der Waals surface area (Å²) >= 11 is 1.06. The van der Waals surface area contributed by atoms with Gasteiger partial charge in [-0.15, -0.1) is 5.10 Å².